The second-order valence-electron chi connectivity index (χ2n) is 5.04. The lowest BCUT2D eigenvalue weighted by Crippen LogP contribution is -2.36. The van der Waals surface area contributed by atoms with E-state index in [0.717, 1.165) is 6.42 Å². The average molecular weight is 322 g/mol. The molecule has 0 spiro atoms. The minimum absolute atomic E-state index is 0.227. The van der Waals surface area contributed by atoms with Crippen molar-refractivity contribution in [1.29, 1.82) is 0 Å². The van der Waals surface area contributed by atoms with Crippen LogP contribution in [0.5, 0.6) is 0 Å². The van der Waals surface area contributed by atoms with Gasteiger partial charge >= 0.3 is 0 Å². The molecule has 1 fully saturated rings. The molecule has 1 aliphatic carbocycles. The van der Waals surface area contributed by atoms with E-state index in [4.69, 9.17) is 5.73 Å². The van der Waals surface area contributed by atoms with Crippen molar-refractivity contribution < 1.29 is 0 Å². The first-order valence-electron chi connectivity index (χ1n) is 6.26. The maximum absolute atomic E-state index is 6.48. The lowest BCUT2D eigenvalue weighted by molar-refractivity contribution is 0.517. The molecule has 0 radical (unpaired) electrons. The SMILES string of the molecule is NC(Cc1ccc(Br)s1)C1(c2ccccc2)CC1. The van der Waals surface area contributed by atoms with Crippen LogP contribution in [0, 0.1) is 0 Å². The summed E-state index contributed by atoms with van der Waals surface area (Å²) in [6.07, 6.45) is 3.43. The fourth-order valence-electron chi connectivity index (χ4n) is 2.65. The van der Waals surface area contributed by atoms with E-state index in [0.29, 0.717) is 0 Å². The molecule has 0 saturated heterocycles. The molecular formula is C15H16BrNS. The molecule has 18 heavy (non-hydrogen) atoms. The Labute approximate surface area is 120 Å². The van der Waals surface area contributed by atoms with E-state index < -0.39 is 0 Å². The van der Waals surface area contributed by atoms with Crippen LogP contribution in [0.3, 0.4) is 0 Å². The number of hydrogen-bond donors (Lipinski definition) is 1. The van der Waals surface area contributed by atoms with Crippen LogP contribution in [-0.2, 0) is 11.8 Å². The molecule has 2 N–H and O–H groups in total. The fraction of sp³-hybridized carbons (Fsp3) is 0.333. The summed E-state index contributed by atoms with van der Waals surface area (Å²) < 4.78 is 1.19. The molecule has 1 heterocycles. The Balaban J connectivity index is 1.78. The Kier molecular flexibility index (Phi) is 3.31. The van der Waals surface area contributed by atoms with Crippen molar-refractivity contribution in [3.63, 3.8) is 0 Å². The zero-order chi connectivity index (χ0) is 12.6. The van der Waals surface area contributed by atoms with Crippen LogP contribution in [0.15, 0.2) is 46.3 Å². The van der Waals surface area contributed by atoms with Gasteiger partial charge in [0.05, 0.1) is 3.79 Å². The molecule has 2 aromatic rings. The minimum atomic E-state index is 0.227. The predicted molar refractivity (Wildman–Crippen MR) is 81.1 cm³/mol. The molecule has 0 aliphatic heterocycles. The molecule has 0 amide bonds. The molecule has 1 aliphatic rings. The first-order chi connectivity index (χ1) is 8.71. The Bertz CT molecular complexity index is 530. The second-order valence-corrected chi connectivity index (χ2v) is 7.59. The number of halogens is 1. The van der Waals surface area contributed by atoms with Gasteiger partial charge in [-0.1, -0.05) is 30.3 Å². The van der Waals surface area contributed by atoms with E-state index in [2.05, 4.69) is 58.4 Å². The van der Waals surface area contributed by atoms with Gasteiger partial charge in [0.2, 0.25) is 0 Å². The van der Waals surface area contributed by atoms with Gasteiger partial charge in [0.25, 0.3) is 0 Å². The Morgan fingerprint density at radius 2 is 1.89 bits per heavy atom. The normalized spacial score (nSPS) is 18.6. The van der Waals surface area contributed by atoms with Gasteiger partial charge in [0, 0.05) is 16.3 Å². The minimum Gasteiger partial charge on any atom is -0.327 e. The van der Waals surface area contributed by atoms with Crippen LogP contribution in [-0.4, -0.2) is 6.04 Å². The van der Waals surface area contributed by atoms with Crippen molar-refractivity contribution in [3.05, 3.63) is 56.7 Å². The summed E-state index contributed by atoms with van der Waals surface area (Å²) in [7, 11) is 0. The largest absolute Gasteiger partial charge is 0.327 e. The topological polar surface area (TPSA) is 26.0 Å². The first kappa shape index (κ1) is 12.4. The van der Waals surface area contributed by atoms with Gasteiger partial charge in [-0.05, 0) is 52.9 Å². The van der Waals surface area contributed by atoms with E-state index in [1.54, 1.807) is 11.3 Å². The highest BCUT2D eigenvalue weighted by atomic mass is 79.9. The number of rotatable bonds is 4. The molecule has 3 heteroatoms. The lowest BCUT2D eigenvalue weighted by Gasteiger charge is -2.23. The summed E-state index contributed by atoms with van der Waals surface area (Å²) in [4.78, 5) is 1.37. The summed E-state index contributed by atoms with van der Waals surface area (Å²) in [6.45, 7) is 0. The van der Waals surface area contributed by atoms with Crippen LogP contribution in [0.2, 0.25) is 0 Å². The number of hydrogen-bond acceptors (Lipinski definition) is 2. The molecule has 1 atom stereocenters. The van der Waals surface area contributed by atoms with E-state index >= 15 is 0 Å². The Hall–Kier alpha value is -0.640. The van der Waals surface area contributed by atoms with Crippen LogP contribution >= 0.6 is 27.3 Å². The van der Waals surface area contributed by atoms with Crippen LogP contribution < -0.4 is 5.73 Å². The van der Waals surface area contributed by atoms with Crippen molar-refractivity contribution >= 4 is 27.3 Å². The van der Waals surface area contributed by atoms with Gasteiger partial charge in [-0.25, -0.2) is 0 Å². The van der Waals surface area contributed by atoms with Crippen molar-refractivity contribution in [2.75, 3.05) is 0 Å². The van der Waals surface area contributed by atoms with Crippen molar-refractivity contribution in [3.8, 4) is 0 Å². The fourth-order valence-corrected chi connectivity index (χ4v) is 4.19. The molecule has 1 saturated carbocycles. The van der Waals surface area contributed by atoms with Gasteiger partial charge in [-0.15, -0.1) is 11.3 Å². The standard InChI is InChI=1S/C15H16BrNS/c16-14-7-6-12(18-14)10-13(17)15(8-9-15)11-4-2-1-3-5-11/h1-7,13H,8-10,17H2. The highest BCUT2D eigenvalue weighted by Gasteiger charge is 2.48. The first-order valence-corrected chi connectivity index (χ1v) is 7.87. The van der Waals surface area contributed by atoms with Gasteiger partial charge in [-0.3, -0.25) is 0 Å². The number of nitrogens with two attached hydrogens (primary N) is 1. The van der Waals surface area contributed by atoms with Crippen molar-refractivity contribution in [2.45, 2.75) is 30.7 Å². The summed E-state index contributed by atoms with van der Waals surface area (Å²) in [6, 6.07) is 15.2. The van der Waals surface area contributed by atoms with E-state index in [1.165, 1.54) is 27.1 Å². The van der Waals surface area contributed by atoms with Gasteiger partial charge in [0.1, 0.15) is 0 Å². The molecule has 1 aromatic heterocycles. The van der Waals surface area contributed by atoms with Crippen LogP contribution in [0.25, 0.3) is 0 Å². The summed E-state index contributed by atoms with van der Waals surface area (Å²) in [5.74, 6) is 0. The van der Waals surface area contributed by atoms with Gasteiger partial charge < -0.3 is 5.73 Å². The van der Waals surface area contributed by atoms with Gasteiger partial charge in [-0.2, -0.15) is 0 Å². The molecule has 1 nitrogen and oxygen atoms in total. The summed E-state index contributed by atoms with van der Waals surface area (Å²) >= 11 is 5.30. The van der Waals surface area contributed by atoms with Gasteiger partial charge in [0.15, 0.2) is 0 Å². The molecule has 1 aromatic carbocycles. The third kappa shape index (κ3) is 2.27. The quantitative estimate of drug-likeness (QED) is 0.900. The van der Waals surface area contributed by atoms with E-state index in [-0.39, 0.29) is 11.5 Å². The smallest absolute Gasteiger partial charge is 0.0701 e. The monoisotopic (exact) mass is 321 g/mol. The molecule has 3 rings (SSSR count). The molecular weight excluding hydrogens is 306 g/mol. The van der Waals surface area contributed by atoms with Crippen molar-refractivity contribution in [1.82, 2.24) is 0 Å². The third-order valence-corrected chi connectivity index (χ3v) is 5.54. The average Bonchev–Trinajstić information content (AvgIpc) is 3.10. The summed E-state index contributed by atoms with van der Waals surface area (Å²) in [5.41, 5.74) is 8.12. The number of benzene rings is 1. The molecule has 94 valence electrons. The Morgan fingerprint density at radius 3 is 2.44 bits per heavy atom. The highest BCUT2D eigenvalue weighted by molar-refractivity contribution is 9.11. The molecule has 1 unspecified atom stereocenters. The maximum atomic E-state index is 6.48. The van der Waals surface area contributed by atoms with Crippen LogP contribution in [0.4, 0.5) is 0 Å². The second kappa shape index (κ2) is 4.80. The van der Waals surface area contributed by atoms with Crippen molar-refractivity contribution in [2.24, 2.45) is 5.73 Å². The van der Waals surface area contributed by atoms with Crippen LogP contribution in [0.1, 0.15) is 23.3 Å². The lowest BCUT2D eigenvalue weighted by atomic mass is 9.86. The third-order valence-electron chi connectivity index (χ3n) is 3.90. The molecule has 0 bridgehead atoms. The zero-order valence-electron chi connectivity index (χ0n) is 10.1. The maximum Gasteiger partial charge on any atom is 0.0701 e. The highest BCUT2D eigenvalue weighted by Crippen LogP contribution is 2.51. The zero-order valence-corrected chi connectivity index (χ0v) is 12.5. The summed E-state index contributed by atoms with van der Waals surface area (Å²) in [5, 5.41) is 0. The van der Waals surface area contributed by atoms with E-state index in [1.807, 2.05) is 0 Å². The Morgan fingerprint density at radius 1 is 1.17 bits per heavy atom. The predicted octanol–water partition coefficient (Wildman–Crippen LogP) is 4.11. The number of thiophene rings is 1. The van der Waals surface area contributed by atoms with E-state index in [9.17, 15) is 0 Å².